The molecule has 4 rings (SSSR count). The van der Waals surface area contributed by atoms with Gasteiger partial charge in [-0.25, -0.2) is 27.9 Å². The fourth-order valence-corrected chi connectivity index (χ4v) is 5.77. The molecule has 3 heterocycles. The van der Waals surface area contributed by atoms with E-state index in [1.165, 1.54) is 12.1 Å². The molecule has 0 spiro atoms. The minimum absolute atomic E-state index is 0.0346. The number of hydrogen-bond acceptors (Lipinski definition) is 11. The van der Waals surface area contributed by atoms with Gasteiger partial charge in [0.1, 0.15) is 11.4 Å². The van der Waals surface area contributed by atoms with Gasteiger partial charge in [-0.3, -0.25) is 4.52 Å². The maximum Gasteiger partial charge on any atom is 0.446 e. The van der Waals surface area contributed by atoms with Crippen LogP contribution in [0.4, 0.5) is 9.18 Å². The highest BCUT2D eigenvalue weighted by atomic mass is 79.9. The lowest BCUT2D eigenvalue weighted by Crippen LogP contribution is -2.56. The Balaban J connectivity index is 1.47. The monoisotopic (exact) mass is 592 g/mol. The average molecular weight is 593 g/mol. The maximum atomic E-state index is 13.6. The molecule has 0 atom stereocenters. The summed E-state index contributed by atoms with van der Waals surface area (Å²) in [6.45, 7) is 4.96. The fourth-order valence-electron chi connectivity index (χ4n) is 2.94. The second kappa shape index (κ2) is 9.36. The van der Waals surface area contributed by atoms with E-state index in [0.29, 0.717) is 0 Å². The molecular weight excluding hydrogens is 575 g/mol. The zero-order valence-electron chi connectivity index (χ0n) is 18.4. The number of amides is 1. The van der Waals surface area contributed by atoms with E-state index in [9.17, 15) is 22.4 Å². The van der Waals surface area contributed by atoms with Crippen molar-refractivity contribution in [2.24, 2.45) is 0 Å². The molecule has 13 nitrogen and oxygen atoms in total. The molecule has 2 aromatic heterocycles. The zero-order valence-corrected chi connectivity index (χ0v) is 21.6. The molecule has 1 aliphatic heterocycles. The Labute approximate surface area is 210 Å². The second-order valence-corrected chi connectivity index (χ2v) is 12.1. The van der Waals surface area contributed by atoms with Gasteiger partial charge in [-0.15, -0.1) is 0 Å². The lowest BCUT2D eigenvalue weighted by atomic mass is 10.2. The van der Waals surface area contributed by atoms with Crippen molar-refractivity contribution in [3.63, 3.8) is 0 Å². The number of nitrogens with zero attached hydrogens (tertiary/aromatic N) is 5. The molecule has 1 amide bonds. The summed E-state index contributed by atoms with van der Waals surface area (Å²) in [5, 5.41) is 11.3. The van der Waals surface area contributed by atoms with Gasteiger partial charge in [-0.05, 0) is 65.2 Å². The molecule has 1 aromatic carbocycles. The van der Waals surface area contributed by atoms with Crippen LogP contribution in [0.25, 0.3) is 17.2 Å². The van der Waals surface area contributed by atoms with Crippen LogP contribution in [0.3, 0.4) is 0 Å². The summed E-state index contributed by atoms with van der Waals surface area (Å²) in [6.07, 6.45) is -1.08. The minimum atomic E-state index is -4.09. The third kappa shape index (κ3) is 5.57. The number of halogens is 2. The van der Waals surface area contributed by atoms with Crippen molar-refractivity contribution in [3.8, 4) is 17.2 Å². The maximum absolute atomic E-state index is 13.6. The number of rotatable bonds is 6. The zero-order chi connectivity index (χ0) is 25.5. The molecule has 35 heavy (non-hydrogen) atoms. The quantitative estimate of drug-likeness (QED) is 0.446. The molecule has 0 aliphatic carbocycles. The highest BCUT2D eigenvalue weighted by Gasteiger charge is 2.39. The van der Waals surface area contributed by atoms with Crippen molar-refractivity contribution in [3.05, 3.63) is 39.0 Å². The second-order valence-electron chi connectivity index (χ2n) is 8.29. The molecule has 3 aromatic rings. The summed E-state index contributed by atoms with van der Waals surface area (Å²) in [7, 11) is -4.09. The van der Waals surface area contributed by atoms with Gasteiger partial charge in [-0.2, -0.15) is 12.7 Å². The van der Waals surface area contributed by atoms with E-state index >= 15 is 0 Å². The molecule has 1 N–H and O–H groups in total. The number of hydrogen-bond donors (Lipinski definition) is 1. The van der Waals surface area contributed by atoms with E-state index in [-0.39, 0.29) is 45.0 Å². The van der Waals surface area contributed by atoms with Crippen molar-refractivity contribution >= 4 is 44.0 Å². The van der Waals surface area contributed by atoms with Gasteiger partial charge in [0.15, 0.2) is 10.7 Å². The number of carbonyl (C=O) groups is 1. The van der Waals surface area contributed by atoms with Crippen LogP contribution in [0, 0.1) is 5.82 Å². The number of carbonyl (C=O) groups excluding carboxylic acids is 1. The Kier molecular flexibility index (Phi) is 6.78. The summed E-state index contributed by atoms with van der Waals surface area (Å²) in [5.41, 5.74) is -0.517. The van der Waals surface area contributed by atoms with Gasteiger partial charge in [0.2, 0.25) is 5.82 Å². The van der Waals surface area contributed by atoms with Crippen LogP contribution < -0.4 is 10.5 Å². The summed E-state index contributed by atoms with van der Waals surface area (Å²) in [4.78, 5) is 24.1. The first kappa shape index (κ1) is 25.3. The smallest absolute Gasteiger partial charge is 0.443 e. The van der Waals surface area contributed by atoms with Crippen molar-refractivity contribution in [2.45, 2.75) is 36.6 Å². The Hall–Kier alpha value is -2.76. The van der Waals surface area contributed by atoms with Crippen LogP contribution in [-0.4, -0.2) is 62.8 Å². The first-order chi connectivity index (χ1) is 16.3. The van der Waals surface area contributed by atoms with Gasteiger partial charge in [-0.1, -0.05) is 16.9 Å². The lowest BCUT2D eigenvalue weighted by Gasteiger charge is -2.36. The Morgan fingerprint density at radius 2 is 2.00 bits per heavy atom. The standard InChI is InChI=1S/C18H18BrFN6O7S2/c1-18(2,3)31-16(27)24-35(29,30)25-7-10(8-25)34-15-13(21-33-23-15)14-22-32-17(28)26(14)9-4-5-12(20)11(19)6-9/h4-6,10H,7-8H2,1-3H3,(H,24,27). The van der Waals surface area contributed by atoms with Crippen LogP contribution in [0.15, 0.2) is 41.6 Å². The molecule has 0 unspecified atom stereocenters. The number of nitrogens with one attached hydrogen (secondary N) is 1. The highest BCUT2D eigenvalue weighted by molar-refractivity contribution is 9.10. The predicted octanol–water partition coefficient (Wildman–Crippen LogP) is 2.32. The largest absolute Gasteiger partial charge is 0.446 e. The molecule has 0 saturated carbocycles. The van der Waals surface area contributed by atoms with Crippen molar-refractivity contribution < 1.29 is 31.5 Å². The van der Waals surface area contributed by atoms with E-state index in [1.807, 2.05) is 4.72 Å². The van der Waals surface area contributed by atoms with Crippen LogP contribution in [0.1, 0.15) is 20.8 Å². The third-order valence-corrected chi connectivity index (χ3v) is 7.61. The molecule has 188 valence electrons. The summed E-state index contributed by atoms with van der Waals surface area (Å²) < 4.78 is 57.0. The summed E-state index contributed by atoms with van der Waals surface area (Å²) in [5.74, 6) is -1.40. The molecule has 1 aliphatic rings. The van der Waals surface area contributed by atoms with Gasteiger partial charge < -0.3 is 4.74 Å². The summed E-state index contributed by atoms with van der Waals surface area (Å²) in [6, 6.07) is 3.88. The van der Waals surface area contributed by atoms with Gasteiger partial charge in [0.25, 0.3) is 0 Å². The van der Waals surface area contributed by atoms with E-state index in [4.69, 9.17) is 13.9 Å². The van der Waals surface area contributed by atoms with E-state index < -0.39 is 33.5 Å². The molecule has 1 fully saturated rings. The highest BCUT2D eigenvalue weighted by Crippen LogP contribution is 2.35. The first-order valence-corrected chi connectivity index (χ1v) is 13.0. The van der Waals surface area contributed by atoms with E-state index in [0.717, 1.165) is 26.7 Å². The number of thioether (sulfide) groups is 1. The SMILES string of the molecule is CC(C)(C)OC(=O)NS(=O)(=O)N1CC(Sc2nonc2-c2noc(=O)n2-c2ccc(F)c(Br)c2)C1. The minimum Gasteiger partial charge on any atom is -0.443 e. The van der Waals surface area contributed by atoms with Gasteiger partial charge in [0.05, 0.1) is 10.2 Å². The third-order valence-electron chi connectivity index (χ3n) is 4.48. The Morgan fingerprint density at radius 1 is 1.29 bits per heavy atom. The van der Waals surface area contributed by atoms with Gasteiger partial charge >= 0.3 is 22.1 Å². The van der Waals surface area contributed by atoms with Gasteiger partial charge in [0, 0.05) is 18.3 Å². The number of aromatic nitrogens is 4. The summed E-state index contributed by atoms with van der Waals surface area (Å²) >= 11 is 4.21. The normalized spacial score (nSPS) is 15.1. The van der Waals surface area contributed by atoms with Crippen LogP contribution in [0.2, 0.25) is 0 Å². The van der Waals surface area contributed by atoms with E-state index in [2.05, 4.69) is 31.4 Å². The fraction of sp³-hybridized carbons (Fsp3) is 0.389. The van der Waals surface area contributed by atoms with Crippen LogP contribution in [0.5, 0.6) is 0 Å². The van der Waals surface area contributed by atoms with Crippen LogP contribution in [-0.2, 0) is 14.9 Å². The molecule has 17 heteroatoms. The van der Waals surface area contributed by atoms with Crippen LogP contribution >= 0.6 is 27.7 Å². The predicted molar refractivity (Wildman–Crippen MR) is 123 cm³/mol. The Bertz CT molecular complexity index is 1430. The Morgan fingerprint density at radius 3 is 2.66 bits per heavy atom. The molecular formula is C18H18BrFN6O7S2. The topological polar surface area (TPSA) is 163 Å². The number of benzene rings is 1. The van der Waals surface area contributed by atoms with E-state index in [1.54, 1.807) is 20.8 Å². The molecule has 0 radical (unpaired) electrons. The first-order valence-electron chi connectivity index (χ1n) is 9.88. The number of ether oxygens (including phenoxy) is 1. The molecule has 0 bridgehead atoms. The van der Waals surface area contributed by atoms with Crippen molar-refractivity contribution in [1.82, 2.24) is 29.1 Å². The van der Waals surface area contributed by atoms with Crippen molar-refractivity contribution in [2.75, 3.05) is 13.1 Å². The van der Waals surface area contributed by atoms with Crippen molar-refractivity contribution in [1.29, 1.82) is 0 Å². The molecule has 1 saturated heterocycles. The average Bonchev–Trinajstić information content (AvgIpc) is 3.30. The lowest BCUT2D eigenvalue weighted by molar-refractivity contribution is 0.0565.